The SMILES string of the molecule is CN1NNN=C1NC(=O)c1nn(C)c(=O)c(-c2ccc(Cl)cc2)c1Cl. The molecule has 0 saturated heterocycles. The minimum Gasteiger partial charge on any atom is -0.288 e. The van der Waals surface area contributed by atoms with Crippen LogP contribution in [-0.4, -0.2) is 33.7 Å². The molecule has 1 aromatic carbocycles. The molecule has 2 aromatic rings. The molecule has 0 fully saturated rings. The van der Waals surface area contributed by atoms with Crippen LogP contribution in [0, 0.1) is 0 Å². The highest BCUT2D eigenvalue weighted by molar-refractivity contribution is 6.36. The Hall–Kier alpha value is -2.62. The van der Waals surface area contributed by atoms with Gasteiger partial charge >= 0.3 is 0 Å². The fourth-order valence-corrected chi connectivity index (χ4v) is 2.62. The second-order valence-corrected chi connectivity index (χ2v) is 5.96. The molecule has 0 atom stereocenters. The number of guanidine groups is 1. The summed E-state index contributed by atoms with van der Waals surface area (Å²) >= 11 is 12.2. The molecule has 0 bridgehead atoms. The van der Waals surface area contributed by atoms with Crippen molar-refractivity contribution in [1.29, 1.82) is 0 Å². The molecule has 11 heteroatoms. The van der Waals surface area contributed by atoms with E-state index in [0.717, 1.165) is 4.68 Å². The minimum absolute atomic E-state index is 0.0508. The van der Waals surface area contributed by atoms with Crippen molar-refractivity contribution < 1.29 is 4.79 Å². The second-order valence-electron chi connectivity index (χ2n) is 5.15. The lowest BCUT2D eigenvalue weighted by Gasteiger charge is -2.14. The molecule has 130 valence electrons. The summed E-state index contributed by atoms with van der Waals surface area (Å²) in [5.74, 6) is -0.378. The van der Waals surface area contributed by atoms with E-state index in [4.69, 9.17) is 23.2 Å². The van der Waals surface area contributed by atoms with Crippen LogP contribution in [0.3, 0.4) is 0 Å². The van der Waals surface area contributed by atoms with E-state index < -0.39 is 11.5 Å². The van der Waals surface area contributed by atoms with E-state index in [9.17, 15) is 9.59 Å². The number of nitrogens with zero attached hydrogens (tertiary/aromatic N) is 4. The first-order chi connectivity index (χ1) is 11.9. The van der Waals surface area contributed by atoms with Crippen molar-refractivity contribution in [3.8, 4) is 11.1 Å². The molecule has 0 aliphatic carbocycles. The summed E-state index contributed by atoms with van der Waals surface area (Å²) < 4.78 is 1.06. The number of nitrogens with one attached hydrogen (secondary N) is 3. The van der Waals surface area contributed by atoms with Gasteiger partial charge in [0.2, 0.25) is 5.96 Å². The molecule has 1 aliphatic heterocycles. The quantitative estimate of drug-likeness (QED) is 0.707. The van der Waals surface area contributed by atoms with Gasteiger partial charge in [0.25, 0.3) is 11.5 Å². The van der Waals surface area contributed by atoms with Crippen molar-refractivity contribution in [2.75, 3.05) is 7.05 Å². The number of hydrogen-bond acceptors (Lipinski definition) is 7. The first-order valence-electron chi connectivity index (χ1n) is 7.04. The van der Waals surface area contributed by atoms with Crippen molar-refractivity contribution in [3.63, 3.8) is 0 Å². The number of halogens is 2. The van der Waals surface area contributed by atoms with Gasteiger partial charge in [0.1, 0.15) is 0 Å². The molecular formula is C14H13Cl2N7O2. The highest BCUT2D eigenvalue weighted by Crippen LogP contribution is 2.27. The summed E-state index contributed by atoms with van der Waals surface area (Å²) in [4.78, 5) is 25.0. The lowest BCUT2D eigenvalue weighted by atomic mass is 10.1. The third kappa shape index (κ3) is 3.29. The average molecular weight is 382 g/mol. The van der Waals surface area contributed by atoms with E-state index in [1.54, 1.807) is 31.3 Å². The lowest BCUT2D eigenvalue weighted by molar-refractivity contribution is 0.0965. The van der Waals surface area contributed by atoms with E-state index in [-0.39, 0.29) is 22.2 Å². The number of aromatic nitrogens is 2. The number of benzene rings is 1. The summed E-state index contributed by atoms with van der Waals surface area (Å²) in [6, 6.07) is 6.56. The van der Waals surface area contributed by atoms with Gasteiger partial charge in [-0.2, -0.15) is 5.10 Å². The van der Waals surface area contributed by atoms with Crippen LogP contribution in [0.2, 0.25) is 10.0 Å². The van der Waals surface area contributed by atoms with Crippen LogP contribution >= 0.6 is 23.2 Å². The summed E-state index contributed by atoms with van der Waals surface area (Å²) in [6.07, 6.45) is 0. The Morgan fingerprint density at radius 2 is 1.88 bits per heavy atom. The van der Waals surface area contributed by atoms with Crippen molar-refractivity contribution in [2.24, 2.45) is 12.1 Å². The molecule has 1 aromatic heterocycles. The van der Waals surface area contributed by atoms with Gasteiger partial charge in [-0.25, -0.2) is 10.2 Å². The van der Waals surface area contributed by atoms with E-state index in [0.29, 0.717) is 10.6 Å². The molecule has 9 nitrogen and oxygen atoms in total. The Morgan fingerprint density at radius 3 is 2.48 bits per heavy atom. The second kappa shape index (κ2) is 6.71. The highest BCUT2D eigenvalue weighted by atomic mass is 35.5. The molecule has 0 spiro atoms. The van der Waals surface area contributed by atoms with E-state index in [1.807, 2.05) is 0 Å². The van der Waals surface area contributed by atoms with Crippen molar-refractivity contribution in [3.05, 3.63) is 50.4 Å². The van der Waals surface area contributed by atoms with Crippen LogP contribution in [0.4, 0.5) is 0 Å². The molecule has 1 amide bonds. The fourth-order valence-electron chi connectivity index (χ4n) is 2.18. The number of aryl methyl sites for hydroxylation is 1. The van der Waals surface area contributed by atoms with Crippen LogP contribution in [0.25, 0.3) is 11.1 Å². The molecule has 3 N–H and O–H groups in total. The average Bonchev–Trinajstić information content (AvgIpc) is 2.97. The van der Waals surface area contributed by atoms with E-state index in [1.165, 1.54) is 12.1 Å². The zero-order chi connectivity index (χ0) is 18.1. The molecule has 0 radical (unpaired) electrons. The number of hydrogen-bond donors (Lipinski definition) is 3. The maximum atomic E-state index is 12.5. The van der Waals surface area contributed by atoms with Crippen molar-refractivity contribution >= 4 is 35.1 Å². The molecule has 25 heavy (non-hydrogen) atoms. The van der Waals surface area contributed by atoms with Gasteiger partial charge in [0.05, 0.1) is 10.6 Å². The van der Waals surface area contributed by atoms with Gasteiger partial charge < -0.3 is 0 Å². The topological polar surface area (TPSA) is 104 Å². The van der Waals surface area contributed by atoms with Gasteiger partial charge in [-0.3, -0.25) is 19.9 Å². The number of rotatable bonds is 2. The monoisotopic (exact) mass is 381 g/mol. The normalized spacial score (nSPS) is 13.4. The fraction of sp³-hybridized carbons (Fsp3) is 0.143. The Balaban J connectivity index is 2.05. The smallest absolute Gasteiger partial charge is 0.280 e. The van der Waals surface area contributed by atoms with Crippen LogP contribution in [-0.2, 0) is 7.05 Å². The van der Waals surface area contributed by atoms with E-state index in [2.05, 4.69) is 26.6 Å². The van der Waals surface area contributed by atoms with Gasteiger partial charge in [0.15, 0.2) is 5.69 Å². The Bertz CT molecular complexity index is 924. The van der Waals surface area contributed by atoms with Gasteiger partial charge in [-0.15, -0.1) is 10.6 Å². The van der Waals surface area contributed by atoms with Crippen molar-refractivity contribution in [2.45, 2.75) is 0 Å². The largest absolute Gasteiger partial charge is 0.288 e. The third-order valence-electron chi connectivity index (χ3n) is 3.46. The lowest BCUT2D eigenvalue weighted by Crippen LogP contribution is -2.45. The summed E-state index contributed by atoms with van der Waals surface area (Å²) in [6.45, 7) is 0. The molecule has 0 unspecified atom stereocenters. The summed E-state index contributed by atoms with van der Waals surface area (Å²) in [5.41, 5.74) is 5.30. The number of carbonyl (C=O) groups is 1. The number of hydrazone groups is 1. The molecule has 2 heterocycles. The molecule has 0 saturated carbocycles. The number of amides is 1. The van der Waals surface area contributed by atoms with Crippen LogP contribution in [0.15, 0.2) is 34.2 Å². The number of hydrazine groups is 2. The summed E-state index contributed by atoms with van der Waals surface area (Å²) in [7, 11) is 3.09. The Morgan fingerprint density at radius 1 is 1.20 bits per heavy atom. The predicted molar refractivity (Wildman–Crippen MR) is 93.9 cm³/mol. The zero-order valence-corrected chi connectivity index (χ0v) is 14.7. The van der Waals surface area contributed by atoms with Crippen molar-refractivity contribution in [1.82, 2.24) is 31.2 Å². The third-order valence-corrected chi connectivity index (χ3v) is 4.08. The molecular weight excluding hydrogens is 369 g/mol. The highest BCUT2D eigenvalue weighted by Gasteiger charge is 2.24. The standard InChI is InChI=1S/C14H13Cl2N7O2/c1-22-13(25)9(7-3-5-8(15)6-4-7)10(16)11(19-22)12(24)17-14-18-20-21-23(14)2/h3-6,20-21H,1-2H3,(H,17,18,24). The van der Waals surface area contributed by atoms with Crippen LogP contribution in [0.5, 0.6) is 0 Å². The van der Waals surface area contributed by atoms with Gasteiger partial charge in [-0.05, 0) is 17.7 Å². The predicted octanol–water partition coefficient (Wildman–Crippen LogP) is 0.710. The number of carbonyl (C=O) groups excluding carboxylic acids is 1. The Labute approximate surface area is 152 Å². The van der Waals surface area contributed by atoms with Crippen LogP contribution in [0.1, 0.15) is 10.5 Å². The molecule has 3 rings (SSSR count). The van der Waals surface area contributed by atoms with E-state index >= 15 is 0 Å². The van der Waals surface area contributed by atoms with Gasteiger partial charge in [-0.1, -0.05) is 35.3 Å². The minimum atomic E-state index is -0.605. The van der Waals surface area contributed by atoms with Gasteiger partial charge in [0, 0.05) is 19.1 Å². The first-order valence-corrected chi connectivity index (χ1v) is 7.80. The summed E-state index contributed by atoms with van der Waals surface area (Å²) in [5, 5.41) is 12.3. The maximum Gasteiger partial charge on any atom is 0.280 e. The first kappa shape index (κ1) is 17.2. The van der Waals surface area contributed by atoms with Crippen LogP contribution < -0.4 is 21.9 Å². The zero-order valence-electron chi connectivity index (χ0n) is 13.2. The maximum absolute atomic E-state index is 12.5. The Kier molecular flexibility index (Phi) is 4.62. The molecule has 1 aliphatic rings.